The molecule has 1 aromatic carbocycles. The third-order valence-corrected chi connectivity index (χ3v) is 4.59. The minimum atomic E-state index is -3.47. The molecule has 0 unspecified atom stereocenters. The van der Waals surface area contributed by atoms with Crippen molar-refractivity contribution in [1.82, 2.24) is 9.71 Å². The monoisotopic (exact) mass is 298 g/mol. The van der Waals surface area contributed by atoms with E-state index in [9.17, 15) is 8.42 Å². The fraction of sp³-hybridized carbons (Fsp3) is 0.182. The van der Waals surface area contributed by atoms with Gasteiger partial charge in [0.15, 0.2) is 0 Å². The second-order valence-corrected chi connectivity index (χ2v) is 6.40. The van der Waals surface area contributed by atoms with Crippen molar-refractivity contribution in [2.75, 3.05) is 18.1 Å². The van der Waals surface area contributed by atoms with Crippen LogP contribution in [0.3, 0.4) is 0 Å². The number of nitrogen functional groups attached to an aromatic ring is 1. The minimum absolute atomic E-state index is 0.171. The number of rotatable bonds is 5. The van der Waals surface area contributed by atoms with Crippen LogP contribution in [-0.2, 0) is 16.6 Å². The van der Waals surface area contributed by atoms with Crippen LogP contribution in [-0.4, -0.2) is 20.4 Å². The Morgan fingerprint density at radius 3 is 2.84 bits per heavy atom. The Hall–Kier alpha value is -1.64. The highest BCUT2D eigenvalue weighted by atomic mass is 32.2. The van der Waals surface area contributed by atoms with Gasteiger partial charge in [-0.1, -0.05) is 0 Å². The fourth-order valence-corrected chi connectivity index (χ4v) is 2.80. The molecule has 2 rings (SSSR count). The summed E-state index contributed by atoms with van der Waals surface area (Å²) in [7, 11) is -2.10. The van der Waals surface area contributed by atoms with Crippen LogP contribution in [0, 0.1) is 0 Å². The molecule has 0 bridgehead atoms. The third-order valence-electron chi connectivity index (χ3n) is 2.55. The first kappa shape index (κ1) is 13.8. The molecule has 1 aromatic heterocycles. The van der Waals surface area contributed by atoms with Gasteiger partial charge in [0.2, 0.25) is 10.0 Å². The maximum atomic E-state index is 11.7. The largest absolute Gasteiger partial charge is 0.397 e. The Bertz CT molecular complexity index is 653. The van der Waals surface area contributed by atoms with Gasteiger partial charge in [-0.25, -0.2) is 18.1 Å². The predicted octanol–water partition coefficient (Wildman–Crippen LogP) is 1.25. The Balaban J connectivity index is 2.22. The molecule has 1 heterocycles. The van der Waals surface area contributed by atoms with Gasteiger partial charge in [-0.15, -0.1) is 11.3 Å². The van der Waals surface area contributed by atoms with Gasteiger partial charge in [0.1, 0.15) is 0 Å². The van der Waals surface area contributed by atoms with Crippen molar-refractivity contribution in [3.8, 4) is 0 Å². The van der Waals surface area contributed by atoms with Crippen molar-refractivity contribution in [2.24, 2.45) is 0 Å². The van der Waals surface area contributed by atoms with Crippen LogP contribution in [0.4, 0.5) is 11.4 Å². The molecule has 102 valence electrons. The lowest BCUT2D eigenvalue weighted by Crippen LogP contribution is -2.18. The first-order valence-corrected chi connectivity index (χ1v) is 7.89. The molecule has 2 aromatic rings. The lowest BCUT2D eigenvalue weighted by molar-refractivity contribution is 0.588. The van der Waals surface area contributed by atoms with Gasteiger partial charge in [0.25, 0.3) is 0 Å². The summed E-state index contributed by atoms with van der Waals surface area (Å²) in [5.41, 5.74) is 9.50. The van der Waals surface area contributed by atoms with Crippen LogP contribution < -0.4 is 15.8 Å². The van der Waals surface area contributed by atoms with Crippen molar-refractivity contribution in [3.63, 3.8) is 0 Å². The molecule has 0 atom stereocenters. The summed E-state index contributed by atoms with van der Waals surface area (Å²) < 4.78 is 25.7. The van der Waals surface area contributed by atoms with Crippen LogP contribution >= 0.6 is 11.3 Å². The Morgan fingerprint density at radius 2 is 2.21 bits per heavy atom. The van der Waals surface area contributed by atoms with Gasteiger partial charge in [-0.05, 0) is 25.2 Å². The first-order valence-electron chi connectivity index (χ1n) is 5.47. The summed E-state index contributed by atoms with van der Waals surface area (Å²) in [4.78, 5) is 4.30. The lowest BCUT2D eigenvalue weighted by Gasteiger charge is -2.10. The topological polar surface area (TPSA) is 97.1 Å². The molecule has 8 heteroatoms. The molecular formula is C11H14N4O2S2. The molecule has 0 fully saturated rings. The number of nitrogens with zero attached hydrogens (tertiary/aromatic N) is 1. The van der Waals surface area contributed by atoms with E-state index in [1.165, 1.54) is 30.5 Å². The van der Waals surface area contributed by atoms with E-state index in [0.29, 0.717) is 17.9 Å². The van der Waals surface area contributed by atoms with Gasteiger partial charge in [-0.3, -0.25) is 0 Å². The Labute approximate surface area is 115 Å². The van der Waals surface area contributed by atoms with Crippen LogP contribution in [0.5, 0.6) is 0 Å². The zero-order chi connectivity index (χ0) is 13.9. The van der Waals surface area contributed by atoms with Crippen LogP contribution in [0.15, 0.2) is 34.0 Å². The summed E-state index contributed by atoms with van der Waals surface area (Å²) in [5, 5.41) is 4.99. The molecule has 6 nitrogen and oxygen atoms in total. The summed E-state index contributed by atoms with van der Waals surface area (Å²) in [6.45, 7) is 0.497. The molecule has 0 aliphatic carbocycles. The predicted molar refractivity (Wildman–Crippen MR) is 76.5 cm³/mol. The van der Waals surface area contributed by atoms with Gasteiger partial charge in [-0.2, -0.15) is 0 Å². The van der Waals surface area contributed by atoms with E-state index in [-0.39, 0.29) is 4.90 Å². The lowest BCUT2D eigenvalue weighted by atomic mass is 10.2. The molecule has 0 spiro atoms. The summed E-state index contributed by atoms with van der Waals surface area (Å²) >= 11 is 1.50. The number of benzene rings is 1. The van der Waals surface area contributed by atoms with Crippen LogP contribution in [0.2, 0.25) is 0 Å². The van der Waals surface area contributed by atoms with E-state index in [0.717, 1.165) is 5.69 Å². The molecular weight excluding hydrogens is 284 g/mol. The zero-order valence-electron chi connectivity index (χ0n) is 10.3. The number of nitrogens with two attached hydrogens (primary N) is 1. The molecule has 0 aliphatic heterocycles. The number of anilines is 2. The summed E-state index contributed by atoms with van der Waals surface area (Å²) in [6, 6.07) is 4.54. The van der Waals surface area contributed by atoms with Gasteiger partial charge in [0.05, 0.1) is 34.0 Å². The van der Waals surface area contributed by atoms with Crippen molar-refractivity contribution < 1.29 is 8.42 Å². The SMILES string of the molecule is CNS(=O)(=O)c1ccc(N)c(NCc2cscn2)c1. The summed E-state index contributed by atoms with van der Waals surface area (Å²) in [6.07, 6.45) is 0. The van der Waals surface area contributed by atoms with Gasteiger partial charge in [0, 0.05) is 5.38 Å². The van der Waals surface area contributed by atoms with E-state index < -0.39 is 10.0 Å². The Kier molecular flexibility index (Phi) is 4.03. The molecule has 0 aliphatic rings. The highest BCUT2D eigenvalue weighted by molar-refractivity contribution is 7.89. The molecule has 19 heavy (non-hydrogen) atoms. The smallest absolute Gasteiger partial charge is 0.240 e. The highest BCUT2D eigenvalue weighted by Gasteiger charge is 2.13. The zero-order valence-corrected chi connectivity index (χ0v) is 11.9. The van der Waals surface area contributed by atoms with Crippen molar-refractivity contribution in [2.45, 2.75) is 11.4 Å². The van der Waals surface area contributed by atoms with E-state index in [1.54, 1.807) is 11.6 Å². The molecule has 0 radical (unpaired) electrons. The molecule has 0 amide bonds. The van der Waals surface area contributed by atoms with Crippen molar-refractivity contribution in [3.05, 3.63) is 34.8 Å². The van der Waals surface area contributed by atoms with Gasteiger partial charge >= 0.3 is 0 Å². The maximum absolute atomic E-state index is 11.7. The summed E-state index contributed by atoms with van der Waals surface area (Å²) in [5.74, 6) is 0. The number of nitrogens with one attached hydrogen (secondary N) is 2. The van der Waals surface area contributed by atoms with E-state index in [2.05, 4.69) is 15.0 Å². The van der Waals surface area contributed by atoms with Crippen molar-refractivity contribution >= 4 is 32.7 Å². The molecule has 0 saturated carbocycles. The van der Waals surface area contributed by atoms with Gasteiger partial charge < -0.3 is 11.1 Å². The quantitative estimate of drug-likeness (QED) is 0.722. The standard InChI is InChI=1S/C11H14N4O2S2/c1-13-19(16,17)9-2-3-10(12)11(4-9)14-5-8-6-18-7-15-8/h2-4,6-7,13-14H,5,12H2,1H3. The van der Waals surface area contributed by atoms with E-state index in [4.69, 9.17) is 5.73 Å². The molecule has 4 N–H and O–H groups in total. The second-order valence-electron chi connectivity index (χ2n) is 3.79. The molecule has 0 saturated heterocycles. The van der Waals surface area contributed by atoms with Crippen LogP contribution in [0.25, 0.3) is 0 Å². The number of sulfonamides is 1. The third kappa shape index (κ3) is 3.22. The minimum Gasteiger partial charge on any atom is -0.397 e. The number of thiazole rings is 1. The normalized spacial score (nSPS) is 11.4. The fourth-order valence-electron chi connectivity index (χ4n) is 1.48. The average molecular weight is 298 g/mol. The number of hydrogen-bond donors (Lipinski definition) is 3. The second kappa shape index (κ2) is 5.55. The average Bonchev–Trinajstić information content (AvgIpc) is 2.90. The van der Waals surface area contributed by atoms with Crippen LogP contribution in [0.1, 0.15) is 5.69 Å². The Morgan fingerprint density at radius 1 is 1.42 bits per heavy atom. The van der Waals surface area contributed by atoms with Crippen molar-refractivity contribution in [1.29, 1.82) is 0 Å². The maximum Gasteiger partial charge on any atom is 0.240 e. The number of hydrogen-bond acceptors (Lipinski definition) is 6. The highest BCUT2D eigenvalue weighted by Crippen LogP contribution is 2.23. The van der Waals surface area contributed by atoms with E-state index in [1.807, 2.05) is 5.38 Å². The first-order chi connectivity index (χ1) is 9.03. The van der Waals surface area contributed by atoms with E-state index >= 15 is 0 Å². The number of aromatic nitrogens is 1.